The topological polar surface area (TPSA) is 52.8 Å². The van der Waals surface area contributed by atoms with E-state index >= 15 is 0 Å². The lowest BCUT2D eigenvalue weighted by atomic mass is 9.83. The largest absolute Gasteiger partial charge is 0.497 e. The van der Waals surface area contributed by atoms with Gasteiger partial charge in [0.1, 0.15) is 18.1 Å². The van der Waals surface area contributed by atoms with Crippen molar-refractivity contribution in [3.05, 3.63) is 155 Å². The maximum absolute atomic E-state index is 14.1. The molecule has 7 heteroatoms. The smallest absolute Gasteiger partial charge is 0.271 e. The van der Waals surface area contributed by atoms with E-state index in [0.717, 1.165) is 52.3 Å². The van der Waals surface area contributed by atoms with Crippen molar-refractivity contribution in [2.75, 3.05) is 7.11 Å². The van der Waals surface area contributed by atoms with Crippen LogP contribution in [0.25, 0.3) is 11.8 Å². The second-order valence-electron chi connectivity index (χ2n) is 10.4. The summed E-state index contributed by atoms with van der Waals surface area (Å²) in [5.41, 5.74) is 7.54. The van der Waals surface area contributed by atoms with Crippen LogP contribution in [0.1, 0.15) is 40.3 Å². The molecular weight excluding hydrogens is 564 g/mol. The second kappa shape index (κ2) is 11.1. The van der Waals surface area contributed by atoms with E-state index in [1.165, 1.54) is 22.5 Å². The van der Waals surface area contributed by atoms with E-state index < -0.39 is 0 Å². The van der Waals surface area contributed by atoms with Crippen LogP contribution in [0.15, 0.2) is 112 Å². The van der Waals surface area contributed by atoms with Crippen molar-refractivity contribution in [2.45, 2.75) is 25.5 Å². The number of benzene rings is 4. The number of aromatic nitrogens is 1. The minimum Gasteiger partial charge on any atom is -0.497 e. The Morgan fingerprint density at radius 3 is 2.57 bits per heavy atom. The zero-order chi connectivity index (χ0) is 28.6. The van der Waals surface area contributed by atoms with Crippen LogP contribution >= 0.6 is 22.9 Å². The molecule has 2 aliphatic rings. The molecule has 0 fully saturated rings. The number of rotatable bonds is 6. The van der Waals surface area contributed by atoms with Crippen molar-refractivity contribution in [1.29, 1.82) is 0 Å². The Morgan fingerprint density at radius 2 is 1.76 bits per heavy atom. The lowest BCUT2D eigenvalue weighted by molar-refractivity contribution is 0.306. The van der Waals surface area contributed by atoms with Crippen LogP contribution in [0.2, 0.25) is 5.02 Å². The molecule has 5 nitrogen and oxygen atoms in total. The lowest BCUT2D eigenvalue weighted by Gasteiger charge is -2.30. The number of fused-ring (bicyclic) bond motifs is 3. The van der Waals surface area contributed by atoms with Crippen molar-refractivity contribution >= 4 is 34.7 Å². The standard InChI is InChI=1S/C35H27ClN2O3S/c1-40-27-16-11-25(12-17-27)33-30-18-13-24-6-2-3-8-29(24)32(30)37-35-38(33)34(39)31(42-35)20-23-5-4-7-28(19-23)41-21-22-9-14-26(36)15-10-22/h2-12,14-17,19-20,33H,13,18,21H2,1H3/b31-20+/t33-/m0/s1. The first kappa shape index (κ1) is 26.5. The van der Waals surface area contributed by atoms with Gasteiger partial charge < -0.3 is 9.47 Å². The number of halogens is 1. The zero-order valence-corrected chi connectivity index (χ0v) is 24.5. The second-order valence-corrected chi connectivity index (χ2v) is 11.8. The van der Waals surface area contributed by atoms with Crippen LogP contribution in [0.4, 0.5) is 0 Å². The number of nitrogens with zero attached hydrogens (tertiary/aromatic N) is 2. The average Bonchev–Trinajstić information content (AvgIpc) is 3.34. The van der Waals surface area contributed by atoms with Gasteiger partial charge in [0, 0.05) is 10.6 Å². The number of allylic oxidation sites excluding steroid dienone is 1. The van der Waals surface area contributed by atoms with Gasteiger partial charge >= 0.3 is 0 Å². The average molecular weight is 591 g/mol. The summed E-state index contributed by atoms with van der Waals surface area (Å²) in [5, 5.41) is 0.696. The van der Waals surface area contributed by atoms with Crippen LogP contribution in [0.5, 0.6) is 11.5 Å². The summed E-state index contributed by atoms with van der Waals surface area (Å²) in [7, 11) is 1.66. The van der Waals surface area contributed by atoms with Gasteiger partial charge in [-0.3, -0.25) is 9.36 Å². The Balaban J connectivity index is 1.30. The Kier molecular flexibility index (Phi) is 7.02. The highest BCUT2D eigenvalue weighted by Crippen LogP contribution is 2.41. The molecule has 0 amide bonds. The molecule has 2 heterocycles. The molecule has 0 unspecified atom stereocenters. The van der Waals surface area contributed by atoms with Crippen LogP contribution < -0.4 is 24.4 Å². The predicted molar refractivity (Wildman–Crippen MR) is 168 cm³/mol. The Bertz CT molecular complexity index is 2010. The molecule has 1 aliphatic heterocycles. The van der Waals surface area contributed by atoms with Crippen molar-refractivity contribution < 1.29 is 9.47 Å². The van der Waals surface area contributed by atoms with Gasteiger partial charge in [0.15, 0.2) is 4.80 Å². The van der Waals surface area contributed by atoms with Crippen molar-refractivity contribution in [2.24, 2.45) is 4.99 Å². The Labute approximate surface area is 252 Å². The fourth-order valence-electron chi connectivity index (χ4n) is 5.70. The van der Waals surface area contributed by atoms with E-state index in [-0.39, 0.29) is 11.6 Å². The van der Waals surface area contributed by atoms with Gasteiger partial charge in [-0.25, -0.2) is 4.99 Å². The van der Waals surface area contributed by atoms with Gasteiger partial charge in [0.2, 0.25) is 0 Å². The van der Waals surface area contributed by atoms with E-state index in [2.05, 4.69) is 36.4 Å². The molecular formula is C35H27ClN2O3S. The number of thiazole rings is 1. The molecule has 0 bridgehead atoms. The molecule has 42 heavy (non-hydrogen) atoms. The molecule has 1 aromatic heterocycles. The quantitative estimate of drug-likeness (QED) is 0.225. The zero-order valence-electron chi connectivity index (χ0n) is 22.9. The van der Waals surface area contributed by atoms with Crippen molar-refractivity contribution in [1.82, 2.24) is 4.57 Å². The highest BCUT2D eigenvalue weighted by atomic mass is 35.5. The van der Waals surface area contributed by atoms with Crippen LogP contribution in [-0.4, -0.2) is 11.7 Å². The molecule has 0 saturated carbocycles. The number of ether oxygens (including phenoxy) is 2. The normalized spacial score (nSPS) is 15.9. The Morgan fingerprint density at radius 1 is 0.952 bits per heavy atom. The van der Waals surface area contributed by atoms with Crippen LogP contribution in [0.3, 0.4) is 0 Å². The molecule has 1 aliphatic carbocycles. The van der Waals surface area contributed by atoms with Crippen LogP contribution in [-0.2, 0) is 13.0 Å². The highest BCUT2D eigenvalue weighted by Gasteiger charge is 2.32. The van der Waals surface area contributed by atoms with Crippen LogP contribution in [0, 0.1) is 0 Å². The Hall–Kier alpha value is -4.39. The predicted octanol–water partition coefficient (Wildman–Crippen LogP) is 6.56. The summed E-state index contributed by atoms with van der Waals surface area (Å²) in [6.07, 6.45) is 3.70. The van der Waals surface area contributed by atoms with E-state index in [1.807, 2.05) is 71.3 Å². The summed E-state index contributed by atoms with van der Waals surface area (Å²) < 4.78 is 13.9. The molecule has 5 aromatic rings. The van der Waals surface area contributed by atoms with Gasteiger partial charge in [-0.1, -0.05) is 83.6 Å². The molecule has 0 saturated heterocycles. The first-order valence-corrected chi connectivity index (χ1v) is 15.0. The maximum atomic E-state index is 14.1. The molecule has 0 radical (unpaired) electrons. The SMILES string of the molecule is COc1ccc([C@H]2C3=C(N=c4s/c(=C/c5cccc(OCc6ccc(Cl)cc6)c5)c(=O)n42)c2ccccc2CC3)cc1. The highest BCUT2D eigenvalue weighted by molar-refractivity contribution is 7.07. The summed E-state index contributed by atoms with van der Waals surface area (Å²) in [4.78, 5) is 19.9. The third kappa shape index (κ3) is 4.97. The molecule has 1 atom stereocenters. The number of aryl methyl sites for hydroxylation is 1. The molecule has 4 aromatic carbocycles. The fourth-order valence-corrected chi connectivity index (χ4v) is 6.83. The van der Waals surface area contributed by atoms with E-state index in [1.54, 1.807) is 7.11 Å². The first-order chi connectivity index (χ1) is 20.6. The van der Waals surface area contributed by atoms with Crippen molar-refractivity contribution in [3.8, 4) is 11.5 Å². The maximum Gasteiger partial charge on any atom is 0.271 e. The summed E-state index contributed by atoms with van der Waals surface area (Å²) in [6, 6.07) is 31.6. The monoisotopic (exact) mass is 590 g/mol. The van der Waals surface area contributed by atoms with E-state index in [4.69, 9.17) is 26.1 Å². The molecule has 7 rings (SSSR count). The minimum absolute atomic E-state index is 0.0440. The molecule has 0 N–H and O–H groups in total. The fraction of sp³-hybridized carbons (Fsp3) is 0.143. The lowest BCUT2D eigenvalue weighted by Crippen LogP contribution is -2.38. The van der Waals surface area contributed by atoms with Gasteiger partial charge in [0.05, 0.1) is 23.4 Å². The van der Waals surface area contributed by atoms with Gasteiger partial charge in [-0.15, -0.1) is 0 Å². The number of hydrogen-bond acceptors (Lipinski definition) is 5. The number of methoxy groups -OCH3 is 1. The van der Waals surface area contributed by atoms with Crippen molar-refractivity contribution in [3.63, 3.8) is 0 Å². The van der Waals surface area contributed by atoms with E-state index in [9.17, 15) is 4.79 Å². The minimum atomic E-state index is -0.230. The van der Waals surface area contributed by atoms with E-state index in [0.29, 0.717) is 21.0 Å². The van der Waals surface area contributed by atoms with Gasteiger partial charge in [-0.05, 0) is 83.1 Å². The summed E-state index contributed by atoms with van der Waals surface area (Å²) in [5.74, 6) is 1.52. The molecule has 208 valence electrons. The third-order valence-corrected chi connectivity index (χ3v) is 9.01. The first-order valence-electron chi connectivity index (χ1n) is 13.8. The molecule has 0 spiro atoms. The summed E-state index contributed by atoms with van der Waals surface area (Å²) in [6.45, 7) is 0.428. The van der Waals surface area contributed by atoms with Gasteiger partial charge in [-0.2, -0.15) is 0 Å². The van der Waals surface area contributed by atoms with Gasteiger partial charge in [0.25, 0.3) is 5.56 Å². The third-order valence-electron chi connectivity index (χ3n) is 7.78. The number of hydrogen-bond donors (Lipinski definition) is 0. The summed E-state index contributed by atoms with van der Waals surface area (Å²) >= 11 is 7.43.